The highest BCUT2D eigenvalue weighted by atomic mass is 79.9. The summed E-state index contributed by atoms with van der Waals surface area (Å²) in [6.07, 6.45) is 11.1. The van der Waals surface area contributed by atoms with Crippen LogP contribution < -0.4 is 0 Å². The third kappa shape index (κ3) is 9.38. The van der Waals surface area contributed by atoms with Crippen molar-refractivity contribution < 1.29 is 9.59 Å². The van der Waals surface area contributed by atoms with Crippen molar-refractivity contribution in [2.75, 3.05) is 0 Å². The lowest BCUT2D eigenvalue weighted by molar-refractivity contribution is -0.114. The van der Waals surface area contributed by atoms with Crippen LogP contribution in [0.4, 0.5) is 11.4 Å². The van der Waals surface area contributed by atoms with Crippen LogP contribution in [-0.2, 0) is 9.59 Å². The van der Waals surface area contributed by atoms with Gasteiger partial charge in [0.25, 0.3) is 0 Å². The number of hydrogen-bond acceptors (Lipinski definition) is 6. The topological polar surface area (TPSA) is 83.6 Å². The number of ketones is 2. The van der Waals surface area contributed by atoms with E-state index in [1.807, 2.05) is 60.7 Å². The van der Waals surface area contributed by atoms with Crippen molar-refractivity contribution in [3.8, 4) is 11.1 Å². The van der Waals surface area contributed by atoms with Crippen molar-refractivity contribution in [2.24, 2.45) is 42.1 Å². The highest BCUT2D eigenvalue weighted by molar-refractivity contribution is 9.10. The van der Waals surface area contributed by atoms with E-state index < -0.39 is 0 Å². The van der Waals surface area contributed by atoms with E-state index in [2.05, 4.69) is 135 Å². The second-order valence-electron chi connectivity index (χ2n) is 16.9. The average Bonchev–Trinajstić information content (AvgIpc) is 2.97. The van der Waals surface area contributed by atoms with E-state index in [1.54, 1.807) is 12.4 Å². The van der Waals surface area contributed by atoms with Gasteiger partial charge in [-0.1, -0.05) is 115 Å². The van der Waals surface area contributed by atoms with Crippen molar-refractivity contribution in [3.05, 3.63) is 115 Å². The zero-order chi connectivity index (χ0) is 37.4. The maximum Gasteiger partial charge on any atom is 0.186 e. The summed E-state index contributed by atoms with van der Waals surface area (Å²) in [5.41, 5.74) is 6.31. The summed E-state index contributed by atoms with van der Waals surface area (Å²) in [7, 11) is 0. The molecule has 0 aliphatic heterocycles. The quantitative estimate of drug-likeness (QED) is 0.282. The standard InChI is InChI=1S/C42H48Br2N4O2/c1-39(2,3)31-17-25(18-32(37(31)49)40(4,5)6)23-45-47-35-15-13-27(43)21-29(35)30-22-28(44)14-16-36(30)48-46-24-26-19-33(41(7,8)9)38(50)34(20-26)42(10,11)12/h13-24H,1-12H3/b47-45+,48-46+. The first-order chi connectivity index (χ1) is 23.0. The number of azo groups is 2. The maximum absolute atomic E-state index is 13.4. The summed E-state index contributed by atoms with van der Waals surface area (Å²) >= 11 is 7.26. The van der Waals surface area contributed by atoms with E-state index in [1.165, 1.54) is 0 Å². The van der Waals surface area contributed by atoms with Crippen molar-refractivity contribution >= 4 is 54.8 Å². The molecule has 2 aromatic rings. The Morgan fingerprint density at radius 3 is 1.02 bits per heavy atom. The Morgan fingerprint density at radius 1 is 0.480 bits per heavy atom. The molecule has 0 fully saturated rings. The van der Waals surface area contributed by atoms with E-state index in [0.29, 0.717) is 11.4 Å². The van der Waals surface area contributed by atoms with Crippen LogP contribution in [0.25, 0.3) is 11.1 Å². The lowest BCUT2D eigenvalue weighted by Crippen LogP contribution is -2.27. The minimum absolute atomic E-state index is 0.0783. The fourth-order valence-electron chi connectivity index (χ4n) is 5.62. The molecule has 2 aromatic carbocycles. The Bertz CT molecular complexity index is 1760. The number of carbonyl (C=O) groups excluding carboxylic acids is 2. The fraction of sp³-hybridized carbons (Fsp3) is 0.381. The van der Waals surface area contributed by atoms with Crippen LogP contribution in [0, 0.1) is 21.7 Å². The molecule has 0 aromatic heterocycles. The van der Waals surface area contributed by atoms with E-state index in [4.69, 9.17) is 0 Å². The van der Waals surface area contributed by atoms with Gasteiger partial charge in [-0.05, 0) is 93.5 Å². The predicted octanol–water partition coefficient (Wildman–Crippen LogP) is 13.9. The van der Waals surface area contributed by atoms with Crippen LogP contribution in [0.2, 0.25) is 0 Å². The van der Waals surface area contributed by atoms with Crippen LogP contribution in [-0.4, -0.2) is 11.6 Å². The maximum atomic E-state index is 13.4. The van der Waals surface area contributed by atoms with Crippen LogP contribution in [0.5, 0.6) is 0 Å². The molecule has 8 heteroatoms. The van der Waals surface area contributed by atoms with Crippen molar-refractivity contribution in [1.82, 2.24) is 0 Å². The monoisotopic (exact) mass is 798 g/mol. The third-order valence-electron chi connectivity index (χ3n) is 8.41. The minimum Gasteiger partial charge on any atom is -0.289 e. The van der Waals surface area contributed by atoms with Crippen LogP contribution in [0.15, 0.2) is 136 Å². The van der Waals surface area contributed by atoms with Gasteiger partial charge < -0.3 is 0 Å². The minimum atomic E-state index is -0.316. The molecule has 2 aliphatic carbocycles. The Kier molecular flexibility index (Phi) is 11.4. The zero-order valence-corrected chi connectivity index (χ0v) is 34.5. The zero-order valence-electron chi connectivity index (χ0n) is 31.3. The molecule has 0 bridgehead atoms. The summed E-state index contributed by atoms with van der Waals surface area (Å²) in [4.78, 5) is 26.7. The predicted molar refractivity (Wildman–Crippen MR) is 213 cm³/mol. The molecule has 0 saturated heterocycles. The number of allylic oxidation sites excluding steroid dienone is 10. The Morgan fingerprint density at radius 2 is 0.760 bits per heavy atom. The number of Topliss-reactive ketones (excluding diaryl/α,β-unsaturated/α-hetero) is 2. The highest BCUT2D eigenvalue weighted by Gasteiger charge is 2.35. The summed E-state index contributed by atoms with van der Waals surface area (Å²) in [5, 5.41) is 18.3. The van der Waals surface area contributed by atoms with E-state index >= 15 is 0 Å². The van der Waals surface area contributed by atoms with E-state index in [-0.39, 0.29) is 33.2 Å². The summed E-state index contributed by atoms with van der Waals surface area (Å²) in [6.45, 7) is 24.6. The van der Waals surface area contributed by atoms with Gasteiger partial charge in [-0.25, -0.2) is 0 Å². The molecule has 6 nitrogen and oxygen atoms in total. The molecule has 0 radical (unpaired) electrons. The molecule has 0 N–H and O–H groups in total. The normalized spacial score (nSPS) is 16.5. The molecule has 262 valence electrons. The number of nitrogens with zero attached hydrogens (tertiary/aromatic N) is 4. The molecule has 0 unspecified atom stereocenters. The van der Waals surface area contributed by atoms with Gasteiger partial charge in [0.2, 0.25) is 0 Å². The van der Waals surface area contributed by atoms with Gasteiger partial charge in [0.05, 0.1) is 23.8 Å². The lowest BCUT2D eigenvalue weighted by Gasteiger charge is -2.31. The molecule has 2 aliphatic rings. The average molecular weight is 801 g/mol. The summed E-state index contributed by atoms with van der Waals surface area (Å²) in [5.74, 6) is 0.157. The SMILES string of the molecule is CC(C)(C)C1=CC(=C/N=N/c2ccc(Br)cc2-c2cc(Br)ccc2/N=N/C=C2C=C(C(C)(C)C)C(=O)C(C(C)(C)C)=C2)C=C(C(C)(C)C)C1=O. The molecular formula is C42H48Br2N4O2. The number of halogens is 2. The second kappa shape index (κ2) is 14.5. The molecule has 50 heavy (non-hydrogen) atoms. The smallest absolute Gasteiger partial charge is 0.186 e. The molecule has 0 amide bonds. The van der Waals surface area contributed by atoms with Crippen LogP contribution in [0.1, 0.15) is 83.1 Å². The molecule has 0 saturated carbocycles. The fourth-order valence-corrected chi connectivity index (χ4v) is 6.34. The molecule has 0 atom stereocenters. The summed E-state index contributed by atoms with van der Waals surface area (Å²) in [6, 6.07) is 11.6. The number of benzene rings is 2. The molecule has 4 rings (SSSR count). The Balaban J connectivity index is 1.77. The molecular weight excluding hydrogens is 752 g/mol. The van der Waals surface area contributed by atoms with E-state index in [9.17, 15) is 9.59 Å². The van der Waals surface area contributed by atoms with Crippen molar-refractivity contribution in [1.29, 1.82) is 0 Å². The largest absolute Gasteiger partial charge is 0.289 e. The van der Waals surface area contributed by atoms with Crippen molar-refractivity contribution in [3.63, 3.8) is 0 Å². The van der Waals surface area contributed by atoms with Crippen LogP contribution in [0.3, 0.4) is 0 Å². The summed E-state index contributed by atoms with van der Waals surface area (Å²) < 4.78 is 1.75. The van der Waals surface area contributed by atoms with Gasteiger partial charge >= 0.3 is 0 Å². The van der Waals surface area contributed by atoms with Gasteiger partial charge in [-0.3, -0.25) is 9.59 Å². The Hall–Kier alpha value is -3.62. The molecule has 0 heterocycles. The van der Waals surface area contributed by atoms with Gasteiger partial charge in [0.15, 0.2) is 11.6 Å². The van der Waals surface area contributed by atoms with Gasteiger partial charge in [0.1, 0.15) is 0 Å². The number of rotatable bonds is 5. The van der Waals surface area contributed by atoms with Gasteiger partial charge in [0, 0.05) is 42.4 Å². The van der Waals surface area contributed by atoms with Crippen LogP contribution >= 0.6 is 31.9 Å². The number of carbonyl (C=O) groups is 2. The number of hydrogen-bond donors (Lipinski definition) is 0. The first-order valence-electron chi connectivity index (χ1n) is 16.8. The highest BCUT2D eigenvalue weighted by Crippen LogP contribution is 2.42. The first kappa shape index (κ1) is 39.2. The van der Waals surface area contributed by atoms with Gasteiger partial charge in [-0.15, -0.1) is 0 Å². The van der Waals surface area contributed by atoms with Crippen molar-refractivity contribution in [2.45, 2.75) is 83.1 Å². The Labute approximate surface area is 314 Å². The first-order valence-corrected chi connectivity index (χ1v) is 18.3. The van der Waals surface area contributed by atoms with Gasteiger partial charge in [-0.2, -0.15) is 20.5 Å². The molecule has 0 spiro atoms. The lowest BCUT2D eigenvalue weighted by atomic mass is 9.72. The third-order valence-corrected chi connectivity index (χ3v) is 9.39. The van der Waals surface area contributed by atoms with E-state index in [0.717, 1.165) is 53.5 Å². The second-order valence-corrected chi connectivity index (χ2v) is 18.7.